The Morgan fingerprint density at radius 1 is 1.73 bits per heavy atom. The van der Waals surface area contributed by atoms with Gasteiger partial charge in [0, 0.05) is 17.7 Å². The predicted molar refractivity (Wildman–Crippen MR) is 49.2 cm³/mol. The van der Waals surface area contributed by atoms with E-state index in [1.165, 1.54) is 5.69 Å². The van der Waals surface area contributed by atoms with Gasteiger partial charge in [0.1, 0.15) is 0 Å². The highest BCUT2D eigenvalue weighted by molar-refractivity contribution is 7.99. The molecule has 0 bridgehead atoms. The van der Waals surface area contributed by atoms with Gasteiger partial charge in [-0.25, -0.2) is 4.98 Å². The van der Waals surface area contributed by atoms with Gasteiger partial charge in [0.25, 0.3) is 0 Å². The summed E-state index contributed by atoms with van der Waals surface area (Å²) in [7, 11) is 0. The van der Waals surface area contributed by atoms with Gasteiger partial charge in [0.15, 0.2) is 0 Å². The quantitative estimate of drug-likeness (QED) is 0.749. The molecule has 1 rings (SSSR count). The zero-order valence-electron chi connectivity index (χ0n) is 6.76. The standard InChI is InChI=1S/C8H13N2S/c1-3-4-7-8(5-11-2)10-6-9-7/h6H,2-5H2,1H3,(H,9,10). The number of hydrogen-bond acceptors (Lipinski definition) is 2. The van der Waals surface area contributed by atoms with E-state index in [-0.39, 0.29) is 0 Å². The SMILES string of the molecule is [CH2]SCc1nc[nH]c1CCC. The molecule has 1 N–H and O–H groups in total. The molecule has 1 radical (unpaired) electrons. The molecule has 0 saturated heterocycles. The number of rotatable bonds is 4. The highest BCUT2D eigenvalue weighted by Crippen LogP contribution is 2.12. The van der Waals surface area contributed by atoms with Crippen LogP contribution in [0.2, 0.25) is 0 Å². The maximum atomic E-state index is 4.21. The zero-order chi connectivity index (χ0) is 8.10. The number of aromatic amines is 1. The number of aryl methyl sites for hydroxylation is 1. The molecule has 0 aliphatic rings. The number of nitrogens with one attached hydrogen (secondary N) is 1. The van der Waals surface area contributed by atoms with E-state index in [4.69, 9.17) is 0 Å². The van der Waals surface area contributed by atoms with Crippen molar-refractivity contribution in [2.45, 2.75) is 25.5 Å². The number of thioether (sulfide) groups is 1. The van der Waals surface area contributed by atoms with Crippen LogP contribution in [0.4, 0.5) is 0 Å². The Morgan fingerprint density at radius 2 is 2.55 bits per heavy atom. The molecular formula is C8H13N2S. The summed E-state index contributed by atoms with van der Waals surface area (Å²) in [6, 6.07) is 0. The van der Waals surface area contributed by atoms with Crippen molar-refractivity contribution in [3.63, 3.8) is 0 Å². The molecule has 0 aliphatic carbocycles. The van der Waals surface area contributed by atoms with Crippen LogP contribution >= 0.6 is 11.8 Å². The van der Waals surface area contributed by atoms with Crippen molar-refractivity contribution in [2.24, 2.45) is 0 Å². The second-order valence-electron chi connectivity index (χ2n) is 2.43. The van der Waals surface area contributed by atoms with Gasteiger partial charge in [0.05, 0.1) is 12.0 Å². The second-order valence-corrected chi connectivity index (χ2v) is 3.12. The number of hydrogen-bond donors (Lipinski definition) is 1. The fourth-order valence-electron chi connectivity index (χ4n) is 1.04. The lowest BCUT2D eigenvalue weighted by atomic mass is 10.2. The lowest BCUT2D eigenvalue weighted by Gasteiger charge is -1.97. The van der Waals surface area contributed by atoms with Crippen LogP contribution in [0.25, 0.3) is 0 Å². The first-order chi connectivity index (χ1) is 5.38. The molecular weight excluding hydrogens is 156 g/mol. The molecule has 11 heavy (non-hydrogen) atoms. The van der Waals surface area contributed by atoms with Crippen molar-refractivity contribution in [2.75, 3.05) is 0 Å². The summed E-state index contributed by atoms with van der Waals surface area (Å²) >= 11 is 1.57. The molecule has 0 amide bonds. The Balaban J connectivity index is 2.62. The van der Waals surface area contributed by atoms with E-state index in [1.807, 2.05) is 0 Å². The minimum absolute atomic E-state index is 0.916. The van der Waals surface area contributed by atoms with Crippen molar-refractivity contribution in [3.05, 3.63) is 24.0 Å². The molecule has 0 unspecified atom stereocenters. The molecule has 2 nitrogen and oxygen atoms in total. The topological polar surface area (TPSA) is 28.7 Å². The van der Waals surface area contributed by atoms with E-state index in [9.17, 15) is 0 Å². The van der Waals surface area contributed by atoms with Crippen molar-refractivity contribution in [3.8, 4) is 0 Å². The number of imidazole rings is 1. The summed E-state index contributed by atoms with van der Waals surface area (Å²) in [4.78, 5) is 7.35. The first-order valence-corrected chi connectivity index (χ1v) is 4.92. The number of H-pyrrole nitrogens is 1. The van der Waals surface area contributed by atoms with Crippen molar-refractivity contribution >= 4 is 11.8 Å². The van der Waals surface area contributed by atoms with Gasteiger partial charge in [0.2, 0.25) is 0 Å². The third kappa shape index (κ3) is 2.26. The lowest BCUT2D eigenvalue weighted by molar-refractivity contribution is 0.880. The van der Waals surface area contributed by atoms with E-state index >= 15 is 0 Å². The molecule has 0 spiro atoms. The predicted octanol–water partition coefficient (Wildman–Crippen LogP) is 2.39. The highest BCUT2D eigenvalue weighted by Gasteiger charge is 2.02. The third-order valence-corrected chi connectivity index (χ3v) is 2.02. The molecule has 1 aromatic heterocycles. The summed E-state index contributed by atoms with van der Waals surface area (Å²) in [6.45, 7) is 2.17. The Hall–Kier alpha value is -0.440. The minimum atomic E-state index is 0.916. The maximum absolute atomic E-state index is 4.21. The normalized spacial score (nSPS) is 10.4. The van der Waals surface area contributed by atoms with Crippen molar-refractivity contribution < 1.29 is 0 Å². The summed E-state index contributed by atoms with van der Waals surface area (Å²) in [5.41, 5.74) is 2.43. The Morgan fingerprint density at radius 3 is 3.18 bits per heavy atom. The fraction of sp³-hybridized carbons (Fsp3) is 0.500. The van der Waals surface area contributed by atoms with Crippen molar-refractivity contribution in [1.29, 1.82) is 0 Å². The monoisotopic (exact) mass is 169 g/mol. The first-order valence-electron chi connectivity index (χ1n) is 3.76. The smallest absolute Gasteiger partial charge is 0.0925 e. The molecule has 0 aliphatic heterocycles. The van der Waals surface area contributed by atoms with E-state index in [1.54, 1.807) is 18.1 Å². The van der Waals surface area contributed by atoms with Gasteiger partial charge in [-0.15, -0.1) is 0 Å². The van der Waals surface area contributed by atoms with Crippen LogP contribution < -0.4 is 0 Å². The summed E-state index contributed by atoms with van der Waals surface area (Å²) in [5, 5.41) is 0. The van der Waals surface area contributed by atoms with Gasteiger partial charge < -0.3 is 4.98 Å². The summed E-state index contributed by atoms with van der Waals surface area (Å²) in [5.74, 6) is 0.916. The molecule has 61 valence electrons. The molecule has 0 atom stereocenters. The summed E-state index contributed by atoms with van der Waals surface area (Å²) < 4.78 is 0. The molecule has 0 fully saturated rings. The van der Waals surface area contributed by atoms with Gasteiger partial charge in [-0.3, -0.25) is 0 Å². The third-order valence-electron chi connectivity index (χ3n) is 1.55. The largest absolute Gasteiger partial charge is 0.348 e. The Bertz CT molecular complexity index is 187. The van der Waals surface area contributed by atoms with Gasteiger partial charge in [-0.1, -0.05) is 13.3 Å². The first kappa shape index (κ1) is 8.65. The Labute approximate surface area is 71.8 Å². The minimum Gasteiger partial charge on any atom is -0.348 e. The van der Waals surface area contributed by atoms with E-state index in [2.05, 4.69) is 23.1 Å². The van der Waals surface area contributed by atoms with Gasteiger partial charge >= 0.3 is 0 Å². The van der Waals surface area contributed by atoms with Gasteiger partial charge in [-0.2, -0.15) is 11.8 Å². The fourth-order valence-corrected chi connectivity index (χ4v) is 1.48. The van der Waals surface area contributed by atoms with Crippen LogP contribution in [0.3, 0.4) is 0 Å². The van der Waals surface area contributed by atoms with Gasteiger partial charge in [-0.05, 0) is 6.42 Å². The lowest BCUT2D eigenvalue weighted by Crippen LogP contribution is -1.89. The molecule has 3 heteroatoms. The van der Waals surface area contributed by atoms with Crippen LogP contribution in [0, 0.1) is 6.26 Å². The summed E-state index contributed by atoms with van der Waals surface area (Å²) in [6.07, 6.45) is 7.74. The van der Waals surface area contributed by atoms with Crippen LogP contribution in [-0.2, 0) is 12.2 Å². The highest BCUT2D eigenvalue weighted by atomic mass is 32.2. The maximum Gasteiger partial charge on any atom is 0.0925 e. The second kappa shape index (κ2) is 4.44. The molecule has 1 heterocycles. The molecule has 1 aromatic rings. The van der Waals surface area contributed by atoms with Crippen LogP contribution in [0.15, 0.2) is 6.33 Å². The Kier molecular flexibility index (Phi) is 3.49. The molecule has 0 aromatic carbocycles. The average molecular weight is 169 g/mol. The average Bonchev–Trinajstić information content (AvgIpc) is 2.39. The van der Waals surface area contributed by atoms with Crippen molar-refractivity contribution in [1.82, 2.24) is 9.97 Å². The van der Waals surface area contributed by atoms with E-state index < -0.39 is 0 Å². The molecule has 0 saturated carbocycles. The number of aromatic nitrogens is 2. The number of nitrogens with zero attached hydrogens (tertiary/aromatic N) is 1. The van der Waals surface area contributed by atoms with Crippen LogP contribution in [-0.4, -0.2) is 9.97 Å². The van der Waals surface area contributed by atoms with E-state index in [0.717, 1.165) is 24.3 Å². The van der Waals surface area contributed by atoms with E-state index in [0.29, 0.717) is 0 Å². The zero-order valence-corrected chi connectivity index (χ0v) is 7.58. The van der Waals surface area contributed by atoms with Crippen LogP contribution in [0.1, 0.15) is 24.7 Å². The van der Waals surface area contributed by atoms with Crippen LogP contribution in [0.5, 0.6) is 0 Å².